The molecular formula is C25H18BrN3O3S. The molecule has 33 heavy (non-hydrogen) atoms. The minimum absolute atomic E-state index is 0.0899. The number of ether oxygens (including phenoxy) is 1. The first kappa shape index (κ1) is 21.4. The predicted molar refractivity (Wildman–Crippen MR) is 135 cm³/mol. The molecular weight excluding hydrogens is 502 g/mol. The van der Waals surface area contributed by atoms with Crippen LogP contribution in [0.1, 0.15) is 11.1 Å². The summed E-state index contributed by atoms with van der Waals surface area (Å²) in [6.07, 6.45) is 1.83. The molecule has 0 atom stereocenters. The Hall–Kier alpha value is -3.49. The van der Waals surface area contributed by atoms with E-state index >= 15 is 0 Å². The summed E-state index contributed by atoms with van der Waals surface area (Å²) < 4.78 is 8.60. The van der Waals surface area contributed by atoms with Gasteiger partial charge in [-0.1, -0.05) is 47.2 Å². The van der Waals surface area contributed by atoms with Gasteiger partial charge in [0.1, 0.15) is 5.75 Å². The van der Waals surface area contributed by atoms with E-state index in [1.54, 1.807) is 10.5 Å². The van der Waals surface area contributed by atoms with Gasteiger partial charge >= 0.3 is 0 Å². The van der Waals surface area contributed by atoms with Crippen LogP contribution in [-0.4, -0.2) is 21.9 Å². The van der Waals surface area contributed by atoms with Crippen molar-refractivity contribution in [3.63, 3.8) is 0 Å². The Bertz CT molecular complexity index is 1610. The maximum atomic E-state index is 12.9. The minimum Gasteiger partial charge on any atom is -0.483 e. The second kappa shape index (κ2) is 8.80. The number of para-hydroxylation sites is 2. The van der Waals surface area contributed by atoms with Crippen molar-refractivity contribution in [1.82, 2.24) is 9.38 Å². The van der Waals surface area contributed by atoms with Crippen LogP contribution in [0, 0.1) is 6.92 Å². The lowest BCUT2D eigenvalue weighted by molar-refractivity contribution is -0.118. The van der Waals surface area contributed by atoms with E-state index in [-0.39, 0.29) is 18.1 Å². The Morgan fingerprint density at radius 3 is 2.73 bits per heavy atom. The molecule has 0 bridgehead atoms. The van der Waals surface area contributed by atoms with Crippen LogP contribution in [0.3, 0.4) is 0 Å². The number of halogens is 1. The Morgan fingerprint density at radius 1 is 1.15 bits per heavy atom. The summed E-state index contributed by atoms with van der Waals surface area (Å²) in [4.78, 5) is 30.3. The van der Waals surface area contributed by atoms with Crippen LogP contribution >= 0.6 is 27.3 Å². The third-order valence-corrected chi connectivity index (χ3v) is 6.68. The highest BCUT2D eigenvalue weighted by Crippen LogP contribution is 2.26. The highest BCUT2D eigenvalue weighted by molar-refractivity contribution is 9.10. The molecule has 0 spiro atoms. The molecule has 5 aromatic rings. The first-order valence-electron chi connectivity index (χ1n) is 10.2. The molecule has 8 heteroatoms. The van der Waals surface area contributed by atoms with Gasteiger partial charge in [0, 0.05) is 5.69 Å². The average Bonchev–Trinajstić information content (AvgIpc) is 3.31. The smallest absolute Gasteiger partial charge is 0.274 e. The fourth-order valence-electron chi connectivity index (χ4n) is 3.46. The van der Waals surface area contributed by atoms with Crippen molar-refractivity contribution in [2.45, 2.75) is 6.92 Å². The quantitative estimate of drug-likeness (QED) is 0.369. The van der Waals surface area contributed by atoms with Gasteiger partial charge < -0.3 is 10.1 Å². The van der Waals surface area contributed by atoms with Gasteiger partial charge in [0.05, 0.1) is 20.0 Å². The van der Waals surface area contributed by atoms with E-state index < -0.39 is 0 Å². The zero-order valence-electron chi connectivity index (χ0n) is 17.5. The van der Waals surface area contributed by atoms with Crippen LogP contribution in [0.25, 0.3) is 22.1 Å². The topological polar surface area (TPSA) is 72.7 Å². The number of nitrogens with zero attached hydrogens (tertiary/aromatic N) is 2. The van der Waals surface area contributed by atoms with Crippen LogP contribution in [-0.2, 0) is 4.79 Å². The van der Waals surface area contributed by atoms with Gasteiger partial charge in [0.2, 0.25) is 0 Å². The largest absolute Gasteiger partial charge is 0.483 e. The molecule has 0 aliphatic rings. The lowest BCUT2D eigenvalue weighted by Gasteiger charge is -2.09. The molecule has 0 radical (unpaired) electrons. The molecule has 0 aliphatic heterocycles. The van der Waals surface area contributed by atoms with E-state index in [2.05, 4.69) is 26.2 Å². The molecule has 0 saturated heterocycles. The summed E-state index contributed by atoms with van der Waals surface area (Å²) in [6.45, 7) is 1.87. The van der Waals surface area contributed by atoms with Crippen LogP contribution < -0.4 is 20.1 Å². The molecule has 1 N–H and O–H groups in total. The Kier molecular flexibility index (Phi) is 5.70. The standard InChI is InChI=1S/C25H18BrN3O3S/c1-15-6-9-17(10-7-15)27-23(30)14-32-21-11-8-16(12-18(21)26)13-22-24(31)29-20-5-3-2-4-19(20)28-25(29)33-22/h2-13H,14H2,1H3,(H,27,30). The Labute approximate surface area is 201 Å². The van der Waals surface area contributed by atoms with E-state index in [1.807, 2.05) is 73.7 Å². The number of thiazole rings is 1. The summed E-state index contributed by atoms with van der Waals surface area (Å²) in [7, 11) is 0. The third kappa shape index (κ3) is 4.40. The van der Waals surface area contributed by atoms with Gasteiger partial charge in [0.15, 0.2) is 11.6 Å². The summed E-state index contributed by atoms with van der Waals surface area (Å²) in [5.41, 5.74) is 4.21. The number of aromatic nitrogens is 2. The molecule has 2 aromatic heterocycles. The fourth-order valence-corrected chi connectivity index (χ4v) is 4.96. The fraction of sp³-hybridized carbons (Fsp3) is 0.0800. The molecule has 0 aliphatic carbocycles. The summed E-state index contributed by atoms with van der Waals surface area (Å²) >= 11 is 4.85. The summed E-state index contributed by atoms with van der Waals surface area (Å²) in [5.74, 6) is 0.298. The number of carbonyl (C=O) groups excluding carboxylic acids is 1. The molecule has 164 valence electrons. The lowest BCUT2D eigenvalue weighted by atomic mass is 10.2. The van der Waals surface area contributed by atoms with Crippen LogP contribution in [0.2, 0.25) is 0 Å². The van der Waals surface area contributed by atoms with Gasteiger partial charge in [-0.25, -0.2) is 9.38 Å². The molecule has 0 unspecified atom stereocenters. The van der Waals surface area contributed by atoms with Gasteiger partial charge in [-0.3, -0.25) is 9.59 Å². The number of amides is 1. The zero-order chi connectivity index (χ0) is 22.9. The van der Waals surface area contributed by atoms with Crippen molar-refractivity contribution >= 4 is 60.9 Å². The minimum atomic E-state index is -0.244. The van der Waals surface area contributed by atoms with Gasteiger partial charge in [-0.05, 0) is 70.9 Å². The monoisotopic (exact) mass is 519 g/mol. The van der Waals surface area contributed by atoms with Crippen molar-refractivity contribution in [2.24, 2.45) is 0 Å². The number of aryl methyl sites for hydroxylation is 1. The van der Waals surface area contributed by atoms with E-state index in [0.29, 0.717) is 19.7 Å². The number of hydrogen-bond acceptors (Lipinski definition) is 5. The zero-order valence-corrected chi connectivity index (χ0v) is 19.9. The first-order chi connectivity index (χ1) is 16.0. The SMILES string of the molecule is Cc1ccc(NC(=O)COc2ccc(C=c3sc4nc5ccccc5n4c3=O)cc2Br)cc1. The van der Waals surface area contributed by atoms with Crippen LogP contribution in [0.5, 0.6) is 5.75 Å². The van der Waals surface area contributed by atoms with E-state index in [9.17, 15) is 9.59 Å². The van der Waals surface area contributed by atoms with Crippen molar-refractivity contribution in [1.29, 1.82) is 0 Å². The molecule has 0 fully saturated rings. The number of fused-ring (bicyclic) bond motifs is 3. The van der Waals surface area contributed by atoms with Crippen LogP contribution in [0.15, 0.2) is 76.0 Å². The van der Waals surface area contributed by atoms with Gasteiger partial charge in [-0.15, -0.1) is 0 Å². The lowest BCUT2D eigenvalue weighted by Crippen LogP contribution is -2.22. The molecule has 6 nitrogen and oxygen atoms in total. The number of imidazole rings is 1. The number of rotatable bonds is 5. The van der Waals surface area contributed by atoms with Crippen molar-refractivity contribution in [3.05, 3.63) is 97.2 Å². The van der Waals surface area contributed by atoms with E-state index in [1.165, 1.54) is 11.3 Å². The Morgan fingerprint density at radius 2 is 1.94 bits per heavy atom. The second-order valence-electron chi connectivity index (χ2n) is 7.53. The maximum Gasteiger partial charge on any atom is 0.274 e. The Balaban J connectivity index is 1.33. The number of carbonyl (C=O) groups is 1. The van der Waals surface area contributed by atoms with Gasteiger partial charge in [-0.2, -0.15) is 0 Å². The number of nitrogens with one attached hydrogen (secondary N) is 1. The third-order valence-electron chi connectivity index (χ3n) is 5.09. The van der Waals surface area contributed by atoms with Crippen molar-refractivity contribution in [3.8, 4) is 5.75 Å². The molecule has 2 heterocycles. The summed E-state index contributed by atoms with van der Waals surface area (Å²) in [5, 5.41) is 2.80. The average molecular weight is 520 g/mol. The van der Waals surface area contributed by atoms with E-state index in [4.69, 9.17) is 4.74 Å². The van der Waals surface area contributed by atoms with Crippen molar-refractivity contribution < 1.29 is 9.53 Å². The van der Waals surface area contributed by atoms with E-state index in [0.717, 1.165) is 27.8 Å². The number of benzene rings is 3. The van der Waals surface area contributed by atoms with Gasteiger partial charge in [0.25, 0.3) is 11.5 Å². The first-order valence-corrected chi connectivity index (χ1v) is 11.8. The predicted octanol–water partition coefficient (Wildman–Crippen LogP) is 4.55. The molecule has 3 aromatic carbocycles. The highest BCUT2D eigenvalue weighted by atomic mass is 79.9. The summed E-state index contributed by atoms with van der Waals surface area (Å²) in [6, 6.07) is 20.6. The normalized spacial score (nSPS) is 11.9. The molecule has 0 saturated carbocycles. The second-order valence-corrected chi connectivity index (χ2v) is 9.39. The van der Waals surface area contributed by atoms with Crippen molar-refractivity contribution in [2.75, 3.05) is 11.9 Å². The van der Waals surface area contributed by atoms with Crippen LogP contribution in [0.4, 0.5) is 5.69 Å². The molecule has 5 rings (SSSR count). The molecule has 1 amide bonds. The number of hydrogen-bond donors (Lipinski definition) is 1. The maximum absolute atomic E-state index is 12.9. The number of anilines is 1. The highest BCUT2D eigenvalue weighted by Gasteiger charge is 2.11.